The van der Waals surface area contributed by atoms with E-state index in [1.165, 1.54) is 64.2 Å². The van der Waals surface area contributed by atoms with E-state index in [0.717, 1.165) is 48.9 Å². The number of esters is 2. The van der Waals surface area contributed by atoms with Crippen LogP contribution in [-0.2, 0) is 9.47 Å². The Hall–Kier alpha value is -3.02. The molecular formula is C41H58N2O4. The van der Waals surface area contributed by atoms with Gasteiger partial charge < -0.3 is 20.9 Å². The van der Waals surface area contributed by atoms with Crippen molar-refractivity contribution in [2.45, 2.75) is 117 Å². The molecule has 4 N–H and O–H groups in total. The molecule has 0 saturated heterocycles. The summed E-state index contributed by atoms with van der Waals surface area (Å²) >= 11 is 0. The summed E-state index contributed by atoms with van der Waals surface area (Å²) in [7, 11) is 0. The molecular weight excluding hydrogens is 584 g/mol. The zero-order valence-corrected chi connectivity index (χ0v) is 29.2. The molecule has 4 saturated carbocycles. The van der Waals surface area contributed by atoms with Crippen LogP contribution in [0.5, 0.6) is 0 Å². The lowest BCUT2D eigenvalue weighted by molar-refractivity contribution is -0.115. The molecule has 2 aromatic rings. The first-order chi connectivity index (χ1) is 22.5. The fourth-order valence-electron chi connectivity index (χ4n) is 11.2. The molecule has 0 radical (unpaired) electrons. The Morgan fingerprint density at radius 3 is 1.94 bits per heavy atom. The summed E-state index contributed by atoms with van der Waals surface area (Å²) in [6.45, 7) is 9.83. The zero-order chi connectivity index (χ0) is 33.3. The van der Waals surface area contributed by atoms with Gasteiger partial charge in [-0.05, 0) is 153 Å². The van der Waals surface area contributed by atoms with Gasteiger partial charge in [0, 0.05) is 17.3 Å². The molecule has 0 bridgehead atoms. The van der Waals surface area contributed by atoms with Gasteiger partial charge in [0.05, 0.1) is 11.1 Å². The lowest BCUT2D eigenvalue weighted by atomic mass is 9.44. The monoisotopic (exact) mass is 642 g/mol. The van der Waals surface area contributed by atoms with Crippen molar-refractivity contribution in [3.8, 4) is 0 Å². The third-order valence-electron chi connectivity index (χ3n) is 13.9. The van der Waals surface area contributed by atoms with Crippen LogP contribution < -0.4 is 11.5 Å². The average Bonchev–Trinajstić information content (AvgIpc) is 3.42. The van der Waals surface area contributed by atoms with E-state index < -0.39 is 18.2 Å². The topological polar surface area (TPSA) is 105 Å². The quantitative estimate of drug-likeness (QED) is 0.152. The Morgan fingerprint density at radius 1 is 0.723 bits per heavy atom. The van der Waals surface area contributed by atoms with Crippen molar-refractivity contribution >= 4 is 23.3 Å². The summed E-state index contributed by atoms with van der Waals surface area (Å²) in [5.74, 6) is 3.92. The number of hydrogen-bond donors (Lipinski definition) is 2. The highest BCUT2D eigenvalue weighted by Crippen LogP contribution is 2.68. The first kappa shape index (κ1) is 33.9. The van der Waals surface area contributed by atoms with Crippen LogP contribution in [0.2, 0.25) is 0 Å². The second-order valence-corrected chi connectivity index (χ2v) is 16.4. The molecule has 0 heterocycles. The van der Waals surface area contributed by atoms with E-state index in [-0.39, 0.29) is 5.92 Å². The van der Waals surface area contributed by atoms with Crippen molar-refractivity contribution in [2.24, 2.45) is 52.3 Å². The van der Waals surface area contributed by atoms with Gasteiger partial charge in [0.25, 0.3) is 6.29 Å². The third-order valence-corrected chi connectivity index (χ3v) is 13.9. The summed E-state index contributed by atoms with van der Waals surface area (Å²) in [4.78, 5) is 26.2. The zero-order valence-electron chi connectivity index (χ0n) is 29.2. The minimum Gasteiger partial charge on any atom is -0.421 e. The number of benzene rings is 2. The Bertz CT molecular complexity index is 1330. The van der Waals surface area contributed by atoms with E-state index in [1.807, 2.05) is 6.92 Å². The highest BCUT2D eigenvalue weighted by Gasteiger charge is 2.60. The molecule has 9 atom stereocenters. The van der Waals surface area contributed by atoms with E-state index in [2.05, 4.69) is 20.8 Å². The minimum atomic E-state index is -1.000. The fourth-order valence-corrected chi connectivity index (χ4v) is 11.2. The van der Waals surface area contributed by atoms with Crippen molar-refractivity contribution < 1.29 is 19.1 Å². The van der Waals surface area contributed by atoms with Gasteiger partial charge in [0.15, 0.2) is 0 Å². The van der Waals surface area contributed by atoms with E-state index >= 15 is 0 Å². The maximum Gasteiger partial charge on any atom is 0.341 e. The van der Waals surface area contributed by atoms with E-state index in [4.69, 9.17) is 20.9 Å². The van der Waals surface area contributed by atoms with Gasteiger partial charge in [-0.3, -0.25) is 0 Å². The molecule has 6 nitrogen and oxygen atoms in total. The largest absolute Gasteiger partial charge is 0.421 e. The Labute approximate surface area is 282 Å². The molecule has 0 aliphatic heterocycles. The number of ether oxygens (including phenoxy) is 2. The summed E-state index contributed by atoms with van der Waals surface area (Å²) in [5, 5.41) is 0. The van der Waals surface area contributed by atoms with Gasteiger partial charge in [-0.1, -0.05) is 53.4 Å². The van der Waals surface area contributed by atoms with Crippen molar-refractivity contribution in [3.05, 3.63) is 59.7 Å². The number of nitrogens with two attached hydrogens (primary N) is 2. The van der Waals surface area contributed by atoms with Crippen LogP contribution in [0.3, 0.4) is 0 Å². The molecule has 2 aromatic carbocycles. The van der Waals surface area contributed by atoms with Crippen LogP contribution in [0.15, 0.2) is 48.5 Å². The first-order valence-corrected chi connectivity index (χ1v) is 18.6. The Morgan fingerprint density at radius 2 is 1.32 bits per heavy atom. The van der Waals surface area contributed by atoms with Crippen molar-refractivity contribution in [3.63, 3.8) is 0 Å². The number of carbonyl (C=O) groups excluding carboxylic acids is 2. The van der Waals surface area contributed by atoms with Gasteiger partial charge in [0.1, 0.15) is 0 Å². The highest BCUT2D eigenvalue weighted by molar-refractivity contribution is 5.91. The molecule has 0 amide bonds. The summed E-state index contributed by atoms with van der Waals surface area (Å²) in [6.07, 6.45) is 16.3. The van der Waals surface area contributed by atoms with Crippen molar-refractivity contribution in [2.75, 3.05) is 11.5 Å². The van der Waals surface area contributed by atoms with Crippen LogP contribution in [0, 0.1) is 52.3 Å². The predicted octanol–water partition coefficient (Wildman–Crippen LogP) is 9.68. The fraction of sp³-hybridized carbons (Fsp3) is 0.659. The number of carbonyl (C=O) groups is 2. The van der Waals surface area contributed by atoms with E-state index in [9.17, 15) is 9.59 Å². The van der Waals surface area contributed by atoms with Gasteiger partial charge in [-0.25, -0.2) is 9.59 Å². The number of nitrogen functional groups attached to an aromatic ring is 2. The molecule has 6 heteroatoms. The van der Waals surface area contributed by atoms with Crippen LogP contribution in [-0.4, -0.2) is 18.2 Å². The normalized spacial score (nSPS) is 32.8. The van der Waals surface area contributed by atoms with Crippen LogP contribution in [0.25, 0.3) is 0 Å². The van der Waals surface area contributed by atoms with Gasteiger partial charge in [-0.15, -0.1) is 0 Å². The van der Waals surface area contributed by atoms with Gasteiger partial charge in [0.2, 0.25) is 0 Å². The predicted molar refractivity (Wildman–Crippen MR) is 188 cm³/mol. The molecule has 2 unspecified atom stereocenters. The lowest BCUT2D eigenvalue weighted by Gasteiger charge is -2.61. The summed E-state index contributed by atoms with van der Waals surface area (Å²) < 4.78 is 11.7. The Balaban J connectivity index is 1.07. The standard InChI is InChI=1S/C41H58N2O4/c1-26(34-21-22-35-33-20-15-30-10-5-6-24-40(30,3)36(33)23-25-41(34,35)4)8-7-9-27(2)39(46-37(44)28-11-16-31(42)17-12-28)47-38(45)29-13-18-32(43)19-14-29/h11-14,16-19,26-27,30,33-36,39H,5-10,15,20-25,42-43H2,1-4H3/t26-,27?,30?,33+,34-,35+,36+,40+,41-/m1/s1. The van der Waals surface area contributed by atoms with E-state index in [1.54, 1.807) is 48.5 Å². The van der Waals surface area contributed by atoms with Crippen molar-refractivity contribution in [1.29, 1.82) is 0 Å². The van der Waals surface area contributed by atoms with E-state index in [0.29, 0.717) is 39.2 Å². The average molecular weight is 643 g/mol. The van der Waals surface area contributed by atoms with Crippen LogP contribution in [0.4, 0.5) is 11.4 Å². The number of hydrogen-bond acceptors (Lipinski definition) is 6. The number of fused-ring (bicyclic) bond motifs is 5. The van der Waals surface area contributed by atoms with Gasteiger partial charge >= 0.3 is 11.9 Å². The molecule has 4 fully saturated rings. The lowest BCUT2D eigenvalue weighted by Crippen LogP contribution is -2.53. The summed E-state index contributed by atoms with van der Waals surface area (Å²) in [6, 6.07) is 13.2. The molecule has 0 aromatic heterocycles. The molecule has 256 valence electrons. The Kier molecular flexibility index (Phi) is 9.97. The smallest absolute Gasteiger partial charge is 0.341 e. The molecule has 0 spiro atoms. The third kappa shape index (κ3) is 6.81. The number of rotatable bonds is 10. The van der Waals surface area contributed by atoms with Crippen LogP contribution >= 0.6 is 0 Å². The molecule has 4 aliphatic rings. The minimum absolute atomic E-state index is 0.161. The molecule has 4 aliphatic carbocycles. The molecule has 6 rings (SSSR count). The van der Waals surface area contributed by atoms with Gasteiger partial charge in [-0.2, -0.15) is 0 Å². The second-order valence-electron chi connectivity index (χ2n) is 16.4. The first-order valence-electron chi connectivity index (χ1n) is 18.6. The molecule has 47 heavy (non-hydrogen) atoms. The number of anilines is 2. The van der Waals surface area contributed by atoms with Crippen LogP contribution in [0.1, 0.15) is 132 Å². The maximum absolute atomic E-state index is 13.1. The van der Waals surface area contributed by atoms with Crippen molar-refractivity contribution in [1.82, 2.24) is 0 Å². The SMILES string of the molecule is CC(CCC[C@@H](C)[C@H]1CC[C@H]2[C@@H]3CCC4CCCC[C@]4(C)[C@H]3CC[C@]12C)C(OC(=O)c1ccc(N)cc1)OC(=O)c1ccc(N)cc1. The maximum atomic E-state index is 13.1. The summed E-state index contributed by atoms with van der Waals surface area (Å²) in [5.41, 5.74) is 14.6. The highest BCUT2D eigenvalue weighted by atomic mass is 16.7. The second kappa shape index (κ2) is 13.8.